The van der Waals surface area contributed by atoms with Crippen molar-refractivity contribution >= 4 is 27.7 Å². The number of carbonyl (C=O) groups is 1. The second-order valence-electron chi connectivity index (χ2n) is 7.64. The van der Waals surface area contributed by atoms with Crippen LogP contribution in [0.4, 0.5) is 10.3 Å². The SMILES string of the molecule is COc1cc(C2C3=C(CCCC3=O)Nc3ncnn32)cc(Br)c1OCc1ccccc1F. The second-order valence-corrected chi connectivity index (χ2v) is 8.49. The van der Waals surface area contributed by atoms with Gasteiger partial charge < -0.3 is 14.8 Å². The minimum atomic E-state index is -0.428. The lowest BCUT2D eigenvalue weighted by Crippen LogP contribution is -2.31. The summed E-state index contributed by atoms with van der Waals surface area (Å²) in [6.07, 6.45) is 3.56. The van der Waals surface area contributed by atoms with Gasteiger partial charge in [0.2, 0.25) is 5.95 Å². The molecule has 164 valence electrons. The number of allylic oxidation sites excluding steroid dienone is 2. The molecule has 0 saturated carbocycles. The van der Waals surface area contributed by atoms with Gasteiger partial charge in [-0.2, -0.15) is 10.1 Å². The van der Waals surface area contributed by atoms with Crippen LogP contribution in [-0.2, 0) is 11.4 Å². The van der Waals surface area contributed by atoms with E-state index in [9.17, 15) is 9.18 Å². The molecule has 5 rings (SSSR count). The first-order valence-electron chi connectivity index (χ1n) is 10.2. The van der Waals surface area contributed by atoms with E-state index < -0.39 is 6.04 Å². The maximum Gasteiger partial charge on any atom is 0.226 e. The van der Waals surface area contributed by atoms with Gasteiger partial charge in [-0.15, -0.1) is 0 Å². The summed E-state index contributed by atoms with van der Waals surface area (Å²) in [7, 11) is 1.54. The van der Waals surface area contributed by atoms with Crippen molar-refractivity contribution in [2.45, 2.75) is 31.9 Å². The van der Waals surface area contributed by atoms with Gasteiger partial charge in [0.1, 0.15) is 24.8 Å². The fourth-order valence-corrected chi connectivity index (χ4v) is 4.78. The molecular formula is C23H20BrFN4O3. The molecule has 1 aliphatic carbocycles. The average Bonchev–Trinajstić information content (AvgIpc) is 3.26. The van der Waals surface area contributed by atoms with E-state index in [2.05, 4.69) is 31.3 Å². The lowest BCUT2D eigenvalue weighted by atomic mass is 9.85. The molecule has 3 aromatic rings. The molecule has 7 nitrogen and oxygen atoms in total. The Morgan fingerprint density at radius 3 is 2.94 bits per heavy atom. The minimum Gasteiger partial charge on any atom is -0.493 e. The number of hydrogen-bond acceptors (Lipinski definition) is 6. The molecule has 1 unspecified atom stereocenters. The topological polar surface area (TPSA) is 78.3 Å². The lowest BCUT2D eigenvalue weighted by Gasteiger charge is -2.32. The standard InChI is InChI=1S/C23H20BrFN4O3/c1-31-19-10-14(9-15(24)22(19)32-11-13-5-2-3-6-16(13)25)21-20-17(7-4-8-18(20)30)28-23-26-12-27-29(21)23/h2-3,5-6,9-10,12,21H,4,7-8,11H2,1H3,(H,26,27,28). The van der Waals surface area contributed by atoms with Crippen LogP contribution in [0.25, 0.3) is 0 Å². The van der Waals surface area contributed by atoms with Gasteiger partial charge in [-0.25, -0.2) is 9.07 Å². The molecule has 0 fully saturated rings. The number of hydrogen-bond donors (Lipinski definition) is 1. The highest BCUT2D eigenvalue weighted by atomic mass is 79.9. The Morgan fingerprint density at radius 2 is 2.12 bits per heavy atom. The number of nitrogens with zero attached hydrogens (tertiary/aromatic N) is 3. The van der Waals surface area contributed by atoms with E-state index in [1.165, 1.54) is 12.4 Å². The molecule has 0 spiro atoms. The Labute approximate surface area is 192 Å². The van der Waals surface area contributed by atoms with Crippen LogP contribution >= 0.6 is 15.9 Å². The van der Waals surface area contributed by atoms with Crippen molar-refractivity contribution in [2.24, 2.45) is 0 Å². The summed E-state index contributed by atoms with van der Waals surface area (Å²) in [5.41, 5.74) is 2.84. The summed E-state index contributed by atoms with van der Waals surface area (Å²) in [6.45, 7) is 0.0509. The van der Waals surface area contributed by atoms with Gasteiger partial charge in [0.05, 0.1) is 11.6 Å². The Kier molecular flexibility index (Phi) is 5.42. The molecular weight excluding hydrogens is 479 g/mol. The molecule has 1 atom stereocenters. The molecule has 32 heavy (non-hydrogen) atoms. The van der Waals surface area contributed by atoms with Gasteiger partial charge in [0, 0.05) is 23.3 Å². The van der Waals surface area contributed by atoms with Crippen molar-refractivity contribution in [1.82, 2.24) is 14.8 Å². The molecule has 1 aromatic heterocycles. The molecule has 0 radical (unpaired) electrons. The number of anilines is 1. The minimum absolute atomic E-state index is 0.0509. The molecule has 0 saturated heterocycles. The smallest absolute Gasteiger partial charge is 0.226 e. The van der Waals surface area contributed by atoms with Crippen LogP contribution in [0, 0.1) is 5.82 Å². The number of carbonyl (C=O) groups excluding carboxylic acids is 1. The van der Waals surface area contributed by atoms with Crippen molar-refractivity contribution in [2.75, 3.05) is 12.4 Å². The summed E-state index contributed by atoms with van der Waals surface area (Å²) < 4.78 is 27.9. The van der Waals surface area contributed by atoms with Crippen molar-refractivity contribution in [3.05, 3.63) is 75.4 Å². The molecule has 1 N–H and O–H groups in total. The second kappa shape index (κ2) is 8.38. The highest BCUT2D eigenvalue weighted by Crippen LogP contribution is 2.44. The maximum absolute atomic E-state index is 14.0. The van der Waals surface area contributed by atoms with Crippen LogP contribution in [0.2, 0.25) is 0 Å². The van der Waals surface area contributed by atoms with E-state index in [1.54, 1.807) is 30.0 Å². The Bertz CT molecular complexity index is 1240. The third-order valence-corrected chi connectivity index (χ3v) is 6.30. The van der Waals surface area contributed by atoms with Gasteiger partial charge in [-0.1, -0.05) is 18.2 Å². The van der Waals surface area contributed by atoms with E-state index in [4.69, 9.17) is 9.47 Å². The highest BCUT2D eigenvalue weighted by molar-refractivity contribution is 9.10. The summed E-state index contributed by atoms with van der Waals surface area (Å²) in [5.74, 6) is 1.29. The fraction of sp³-hybridized carbons (Fsp3) is 0.261. The summed E-state index contributed by atoms with van der Waals surface area (Å²) in [5, 5.41) is 7.61. The Hall–Kier alpha value is -3.20. The van der Waals surface area contributed by atoms with E-state index >= 15 is 0 Å². The first kappa shape index (κ1) is 20.7. The number of ketones is 1. The quantitative estimate of drug-likeness (QED) is 0.544. The Balaban J connectivity index is 1.54. The third-order valence-electron chi connectivity index (χ3n) is 5.71. The van der Waals surface area contributed by atoms with Crippen LogP contribution in [-0.4, -0.2) is 27.7 Å². The third kappa shape index (κ3) is 3.56. The number of fused-ring (bicyclic) bond motifs is 1. The van der Waals surface area contributed by atoms with E-state index in [0.29, 0.717) is 39.5 Å². The number of halogens is 2. The van der Waals surface area contributed by atoms with Crippen LogP contribution in [0.3, 0.4) is 0 Å². The molecule has 2 aromatic carbocycles. The van der Waals surface area contributed by atoms with E-state index in [1.807, 2.05) is 12.1 Å². The molecule has 9 heteroatoms. The number of methoxy groups -OCH3 is 1. The zero-order valence-corrected chi connectivity index (χ0v) is 18.9. The predicted molar refractivity (Wildman–Crippen MR) is 119 cm³/mol. The van der Waals surface area contributed by atoms with Crippen molar-refractivity contribution < 1.29 is 18.7 Å². The number of ether oxygens (including phenoxy) is 2. The predicted octanol–water partition coefficient (Wildman–Crippen LogP) is 4.79. The Morgan fingerprint density at radius 1 is 1.28 bits per heavy atom. The fourth-order valence-electron chi connectivity index (χ4n) is 4.21. The monoisotopic (exact) mass is 498 g/mol. The number of benzene rings is 2. The van der Waals surface area contributed by atoms with Gasteiger partial charge in [-0.3, -0.25) is 4.79 Å². The van der Waals surface area contributed by atoms with Gasteiger partial charge in [0.15, 0.2) is 17.3 Å². The maximum atomic E-state index is 14.0. The first-order valence-corrected chi connectivity index (χ1v) is 11.0. The summed E-state index contributed by atoms with van der Waals surface area (Å²) >= 11 is 3.57. The zero-order chi connectivity index (χ0) is 22.2. The summed E-state index contributed by atoms with van der Waals surface area (Å²) in [6, 6.07) is 9.75. The number of rotatable bonds is 5. The zero-order valence-electron chi connectivity index (χ0n) is 17.3. The van der Waals surface area contributed by atoms with Crippen molar-refractivity contribution in [3.8, 4) is 11.5 Å². The van der Waals surface area contributed by atoms with Crippen LogP contribution in [0.15, 0.2) is 58.5 Å². The van der Waals surface area contributed by atoms with E-state index in [-0.39, 0.29) is 18.2 Å². The van der Waals surface area contributed by atoms with E-state index in [0.717, 1.165) is 24.1 Å². The van der Waals surface area contributed by atoms with Gasteiger partial charge in [-0.05, 0) is 52.5 Å². The molecule has 2 aliphatic rings. The molecule has 0 bridgehead atoms. The van der Waals surface area contributed by atoms with Crippen LogP contribution in [0.5, 0.6) is 11.5 Å². The summed E-state index contributed by atoms with van der Waals surface area (Å²) in [4.78, 5) is 17.2. The number of aromatic nitrogens is 3. The van der Waals surface area contributed by atoms with Crippen molar-refractivity contribution in [1.29, 1.82) is 0 Å². The normalized spacial score (nSPS) is 17.5. The van der Waals surface area contributed by atoms with Crippen molar-refractivity contribution in [3.63, 3.8) is 0 Å². The number of Topliss-reactive ketones (excluding diaryl/α,β-unsaturated/α-hetero) is 1. The lowest BCUT2D eigenvalue weighted by molar-refractivity contribution is -0.116. The molecule has 2 heterocycles. The van der Waals surface area contributed by atoms with Gasteiger partial charge >= 0.3 is 0 Å². The highest BCUT2D eigenvalue weighted by Gasteiger charge is 2.36. The van der Waals surface area contributed by atoms with Gasteiger partial charge in [0.25, 0.3) is 0 Å². The van der Waals surface area contributed by atoms with Crippen LogP contribution < -0.4 is 14.8 Å². The molecule has 0 amide bonds. The average molecular weight is 499 g/mol. The largest absolute Gasteiger partial charge is 0.493 e. The first-order chi connectivity index (χ1) is 15.6. The number of nitrogens with one attached hydrogen (secondary N) is 1. The molecule has 1 aliphatic heterocycles. The van der Waals surface area contributed by atoms with Crippen LogP contribution in [0.1, 0.15) is 36.4 Å².